The number of aryl methyl sites for hydroxylation is 2. The second kappa shape index (κ2) is 15.1. The molecule has 1 aromatic heterocycles. The molecule has 0 bridgehead atoms. The maximum atomic E-state index is 5.54. The smallest absolute Gasteiger partial charge is 0.191 e. The van der Waals surface area contributed by atoms with Crippen LogP contribution in [0.15, 0.2) is 4.99 Å². The van der Waals surface area contributed by atoms with Crippen LogP contribution in [0.3, 0.4) is 0 Å². The molecule has 1 unspecified atom stereocenters. The van der Waals surface area contributed by atoms with E-state index in [0.717, 1.165) is 83.5 Å². The van der Waals surface area contributed by atoms with Gasteiger partial charge in [0, 0.05) is 51.6 Å². The van der Waals surface area contributed by atoms with Gasteiger partial charge in [-0.05, 0) is 38.5 Å². The van der Waals surface area contributed by atoms with Gasteiger partial charge in [0.15, 0.2) is 5.96 Å². The standard InChI is InChI=1S/C23H43N7O.HI/c1-4-24-23(26-18-20(17-19(2)3)29-13-15-31-16-14-29)25-11-8-10-22-28-27-21-9-6-5-7-12-30(21)22;/h19-20H,4-18H2,1-3H3,(H2,24,25,26);1H. The number of hydrogen-bond donors (Lipinski definition) is 2. The minimum atomic E-state index is 0. The van der Waals surface area contributed by atoms with Gasteiger partial charge < -0.3 is 19.9 Å². The normalized spacial score (nSPS) is 18.6. The summed E-state index contributed by atoms with van der Waals surface area (Å²) in [7, 11) is 0. The van der Waals surface area contributed by atoms with Crippen LogP contribution in [-0.4, -0.2) is 77.6 Å². The molecule has 2 aliphatic rings. The molecule has 0 aromatic carbocycles. The van der Waals surface area contributed by atoms with E-state index in [9.17, 15) is 0 Å². The molecule has 1 atom stereocenters. The summed E-state index contributed by atoms with van der Waals surface area (Å²) in [6, 6.07) is 0.478. The van der Waals surface area contributed by atoms with Gasteiger partial charge in [0.25, 0.3) is 0 Å². The van der Waals surface area contributed by atoms with Crippen LogP contribution >= 0.6 is 24.0 Å². The number of rotatable bonds is 10. The summed E-state index contributed by atoms with van der Waals surface area (Å²) in [5.41, 5.74) is 0. The number of nitrogens with zero attached hydrogens (tertiary/aromatic N) is 5. The van der Waals surface area contributed by atoms with Gasteiger partial charge in [-0.25, -0.2) is 0 Å². The highest BCUT2D eigenvalue weighted by Crippen LogP contribution is 2.16. The quantitative estimate of drug-likeness (QED) is 0.198. The molecule has 1 fully saturated rings. The Morgan fingerprint density at radius 3 is 2.66 bits per heavy atom. The van der Waals surface area contributed by atoms with Crippen molar-refractivity contribution in [3.05, 3.63) is 11.6 Å². The lowest BCUT2D eigenvalue weighted by molar-refractivity contribution is 0.0143. The maximum Gasteiger partial charge on any atom is 0.191 e. The van der Waals surface area contributed by atoms with E-state index < -0.39 is 0 Å². The molecule has 0 saturated carbocycles. The fraction of sp³-hybridized carbons (Fsp3) is 0.870. The molecule has 8 nitrogen and oxygen atoms in total. The Bertz CT molecular complexity index is 673. The highest BCUT2D eigenvalue weighted by atomic mass is 127. The van der Waals surface area contributed by atoms with E-state index in [1.807, 2.05) is 0 Å². The second-order valence-electron chi connectivity index (χ2n) is 9.18. The Morgan fingerprint density at radius 1 is 1.09 bits per heavy atom. The molecule has 0 radical (unpaired) electrons. The Balaban J connectivity index is 0.00000363. The highest BCUT2D eigenvalue weighted by molar-refractivity contribution is 14.0. The number of aromatic nitrogens is 3. The molecule has 0 aliphatic carbocycles. The monoisotopic (exact) mass is 561 g/mol. The van der Waals surface area contributed by atoms with Crippen molar-refractivity contribution in [2.24, 2.45) is 10.9 Å². The van der Waals surface area contributed by atoms with E-state index in [-0.39, 0.29) is 24.0 Å². The molecule has 9 heteroatoms. The van der Waals surface area contributed by atoms with E-state index in [1.54, 1.807) is 0 Å². The SMILES string of the molecule is CCNC(=NCC(CC(C)C)N1CCOCC1)NCCCc1nnc2n1CCCCC2.I. The summed E-state index contributed by atoms with van der Waals surface area (Å²) in [4.78, 5) is 7.49. The Kier molecular flexibility index (Phi) is 12.8. The van der Waals surface area contributed by atoms with Gasteiger partial charge in [-0.2, -0.15) is 0 Å². The Morgan fingerprint density at radius 2 is 1.91 bits per heavy atom. The summed E-state index contributed by atoms with van der Waals surface area (Å²) in [5.74, 6) is 3.90. The summed E-state index contributed by atoms with van der Waals surface area (Å²) in [5, 5.41) is 15.8. The van der Waals surface area contributed by atoms with Gasteiger partial charge >= 0.3 is 0 Å². The van der Waals surface area contributed by atoms with Gasteiger partial charge in [-0.15, -0.1) is 34.2 Å². The van der Waals surface area contributed by atoms with Crippen molar-refractivity contribution < 1.29 is 4.74 Å². The number of fused-ring (bicyclic) bond motifs is 1. The Hall–Kier alpha value is -0.940. The first-order valence-corrected chi connectivity index (χ1v) is 12.4. The van der Waals surface area contributed by atoms with Crippen molar-refractivity contribution in [2.75, 3.05) is 45.9 Å². The van der Waals surface area contributed by atoms with Crippen molar-refractivity contribution in [2.45, 2.75) is 78.3 Å². The van der Waals surface area contributed by atoms with E-state index in [1.165, 1.54) is 31.5 Å². The predicted molar refractivity (Wildman–Crippen MR) is 141 cm³/mol. The first-order chi connectivity index (χ1) is 15.2. The molecule has 0 amide bonds. The average Bonchev–Trinajstić information content (AvgIpc) is 3.00. The van der Waals surface area contributed by atoms with Gasteiger partial charge in [0.2, 0.25) is 0 Å². The molecule has 2 N–H and O–H groups in total. The first-order valence-electron chi connectivity index (χ1n) is 12.4. The van der Waals surface area contributed by atoms with Gasteiger partial charge in [0.1, 0.15) is 11.6 Å². The first kappa shape index (κ1) is 27.3. The maximum absolute atomic E-state index is 5.54. The van der Waals surface area contributed by atoms with E-state index in [2.05, 4.69) is 51.1 Å². The van der Waals surface area contributed by atoms with Crippen molar-refractivity contribution in [3.8, 4) is 0 Å². The van der Waals surface area contributed by atoms with Crippen molar-refractivity contribution in [1.82, 2.24) is 30.3 Å². The van der Waals surface area contributed by atoms with E-state index in [0.29, 0.717) is 12.0 Å². The Labute approximate surface area is 211 Å². The third kappa shape index (κ3) is 8.78. The molecule has 3 heterocycles. The summed E-state index contributed by atoms with van der Waals surface area (Å²) < 4.78 is 7.90. The molecule has 1 aromatic rings. The zero-order valence-electron chi connectivity index (χ0n) is 20.3. The van der Waals surface area contributed by atoms with Crippen LogP contribution in [0.5, 0.6) is 0 Å². The average molecular weight is 562 g/mol. The van der Waals surface area contributed by atoms with Crippen molar-refractivity contribution >= 4 is 29.9 Å². The largest absolute Gasteiger partial charge is 0.379 e. The number of morpholine rings is 1. The molecule has 2 aliphatic heterocycles. The number of guanidine groups is 1. The van der Waals surface area contributed by atoms with Gasteiger partial charge in [-0.3, -0.25) is 9.89 Å². The van der Waals surface area contributed by atoms with Crippen molar-refractivity contribution in [3.63, 3.8) is 0 Å². The highest BCUT2D eigenvalue weighted by Gasteiger charge is 2.22. The molecule has 184 valence electrons. The predicted octanol–water partition coefficient (Wildman–Crippen LogP) is 2.86. The fourth-order valence-electron chi connectivity index (χ4n) is 4.55. The van der Waals surface area contributed by atoms with Gasteiger partial charge in [0.05, 0.1) is 19.8 Å². The fourth-order valence-corrected chi connectivity index (χ4v) is 4.55. The lowest BCUT2D eigenvalue weighted by atomic mass is 10.0. The van der Waals surface area contributed by atoms with E-state index in [4.69, 9.17) is 9.73 Å². The number of hydrogen-bond acceptors (Lipinski definition) is 5. The molecule has 3 rings (SSSR count). The summed E-state index contributed by atoms with van der Waals surface area (Å²) in [6.07, 6.45) is 8.02. The molecule has 32 heavy (non-hydrogen) atoms. The topological polar surface area (TPSA) is 79.6 Å². The summed E-state index contributed by atoms with van der Waals surface area (Å²) >= 11 is 0. The zero-order chi connectivity index (χ0) is 21.9. The molecule has 1 saturated heterocycles. The zero-order valence-corrected chi connectivity index (χ0v) is 22.6. The third-order valence-corrected chi connectivity index (χ3v) is 6.17. The van der Waals surface area contributed by atoms with Gasteiger partial charge in [-0.1, -0.05) is 20.3 Å². The van der Waals surface area contributed by atoms with Crippen LogP contribution in [0.2, 0.25) is 0 Å². The van der Waals surface area contributed by atoms with Crippen LogP contribution in [0, 0.1) is 5.92 Å². The van der Waals surface area contributed by atoms with Crippen LogP contribution < -0.4 is 10.6 Å². The van der Waals surface area contributed by atoms with Crippen LogP contribution in [0.25, 0.3) is 0 Å². The minimum absolute atomic E-state index is 0. The lowest BCUT2D eigenvalue weighted by Crippen LogP contribution is -2.46. The van der Waals surface area contributed by atoms with Crippen LogP contribution in [0.1, 0.15) is 64.5 Å². The molecular formula is C23H44IN7O. The second-order valence-corrected chi connectivity index (χ2v) is 9.18. The lowest BCUT2D eigenvalue weighted by Gasteiger charge is -2.34. The van der Waals surface area contributed by atoms with Crippen molar-refractivity contribution in [1.29, 1.82) is 0 Å². The number of aliphatic imine (C=N–C) groups is 1. The van der Waals surface area contributed by atoms with E-state index >= 15 is 0 Å². The number of ether oxygens (including phenoxy) is 1. The molecular weight excluding hydrogens is 517 g/mol. The van der Waals surface area contributed by atoms with Crippen LogP contribution in [-0.2, 0) is 24.1 Å². The molecule has 0 spiro atoms. The van der Waals surface area contributed by atoms with Crippen LogP contribution in [0.4, 0.5) is 0 Å². The minimum Gasteiger partial charge on any atom is -0.379 e. The summed E-state index contributed by atoms with van der Waals surface area (Å²) in [6.45, 7) is 14.1. The number of halogens is 1. The third-order valence-electron chi connectivity index (χ3n) is 6.17. The number of nitrogens with one attached hydrogen (secondary N) is 2.